The minimum Gasteiger partial charge on any atom is -0.478 e. The van der Waals surface area contributed by atoms with Gasteiger partial charge in [0.25, 0.3) is 10.1 Å². The number of rotatable bonds is 7. The van der Waals surface area contributed by atoms with Gasteiger partial charge in [-0.25, -0.2) is 9.59 Å². The zero-order valence-corrected chi connectivity index (χ0v) is 11.8. The second-order valence-electron chi connectivity index (χ2n) is 4.22. The molecule has 1 heterocycles. The highest BCUT2D eigenvalue weighted by Gasteiger charge is 2.22. The van der Waals surface area contributed by atoms with Crippen LogP contribution in [0.2, 0.25) is 0 Å². The monoisotopic (exact) mass is 305 g/mol. The predicted octanol–water partition coefficient (Wildman–Crippen LogP) is 0.628. The van der Waals surface area contributed by atoms with Crippen molar-refractivity contribution in [2.24, 2.45) is 0 Å². The maximum absolute atomic E-state index is 11.1. The summed E-state index contributed by atoms with van der Waals surface area (Å²) < 4.78 is 26.1. The Hall–Kier alpha value is -1.87. The summed E-state index contributed by atoms with van der Waals surface area (Å²) in [6.07, 6.45) is 1.33. The first-order chi connectivity index (χ1) is 9.13. The van der Waals surface area contributed by atoms with Crippen LogP contribution >= 0.6 is 0 Å². The molecule has 0 aliphatic heterocycles. The molecule has 0 saturated heterocycles. The second kappa shape index (κ2) is 6.06. The fourth-order valence-corrected chi connectivity index (χ4v) is 2.23. The number of H-pyrrole nitrogens is 1. The average Bonchev–Trinajstić information content (AvgIpc) is 2.60. The van der Waals surface area contributed by atoms with Crippen molar-refractivity contribution < 1.29 is 32.4 Å². The van der Waals surface area contributed by atoms with Gasteiger partial charge in [0.15, 0.2) is 0 Å². The van der Waals surface area contributed by atoms with E-state index < -0.39 is 22.1 Å². The summed E-state index contributed by atoms with van der Waals surface area (Å²) in [6.45, 7) is 1.30. The minimum absolute atomic E-state index is 0.0956. The Kier molecular flexibility index (Phi) is 4.90. The van der Waals surface area contributed by atoms with Crippen molar-refractivity contribution in [2.45, 2.75) is 19.8 Å². The summed E-state index contributed by atoms with van der Waals surface area (Å²) >= 11 is 0. The standard InChI is InChI=1S/C11H15NO7S/c1-6-8(10(13)14)7(12-9(6)11(15)16)4-3-5-19-20(2,17)18/h12H,3-5H2,1-2H3,(H,13,14)(H,15,16). The van der Waals surface area contributed by atoms with Gasteiger partial charge in [0, 0.05) is 5.69 Å². The largest absolute Gasteiger partial charge is 0.478 e. The van der Waals surface area contributed by atoms with E-state index in [1.165, 1.54) is 6.92 Å². The van der Waals surface area contributed by atoms with E-state index in [0.29, 0.717) is 0 Å². The van der Waals surface area contributed by atoms with Crippen LogP contribution in [0.15, 0.2) is 0 Å². The molecule has 0 aliphatic rings. The van der Waals surface area contributed by atoms with E-state index in [1.807, 2.05) is 0 Å². The van der Waals surface area contributed by atoms with Gasteiger partial charge in [-0.15, -0.1) is 0 Å². The van der Waals surface area contributed by atoms with Crippen molar-refractivity contribution >= 4 is 22.1 Å². The lowest BCUT2D eigenvalue weighted by Crippen LogP contribution is -2.07. The van der Waals surface area contributed by atoms with Crippen LogP contribution < -0.4 is 0 Å². The smallest absolute Gasteiger partial charge is 0.352 e. The molecule has 1 aromatic rings. The predicted molar refractivity (Wildman–Crippen MR) is 68.6 cm³/mol. The summed E-state index contributed by atoms with van der Waals surface area (Å²) in [4.78, 5) is 24.6. The van der Waals surface area contributed by atoms with Crippen LogP contribution in [0, 0.1) is 6.92 Å². The number of carbonyl (C=O) groups is 2. The number of aryl methyl sites for hydroxylation is 1. The fourth-order valence-electron chi connectivity index (χ4n) is 1.81. The van der Waals surface area contributed by atoms with Crippen molar-refractivity contribution in [3.8, 4) is 0 Å². The molecule has 0 saturated carbocycles. The highest BCUT2D eigenvalue weighted by Crippen LogP contribution is 2.20. The lowest BCUT2D eigenvalue weighted by Gasteiger charge is -2.02. The lowest BCUT2D eigenvalue weighted by atomic mass is 10.1. The molecule has 0 amide bonds. The first kappa shape index (κ1) is 16.2. The number of aromatic nitrogens is 1. The van der Waals surface area contributed by atoms with Gasteiger partial charge < -0.3 is 15.2 Å². The van der Waals surface area contributed by atoms with Crippen LogP contribution in [-0.2, 0) is 20.7 Å². The number of carboxylic acid groups (broad SMARTS) is 2. The molecule has 0 bridgehead atoms. The normalized spacial score (nSPS) is 11.5. The van der Waals surface area contributed by atoms with Crippen molar-refractivity contribution in [2.75, 3.05) is 12.9 Å². The van der Waals surface area contributed by atoms with Gasteiger partial charge in [-0.05, 0) is 25.3 Å². The maximum Gasteiger partial charge on any atom is 0.352 e. The third-order valence-corrected chi connectivity index (χ3v) is 3.22. The van der Waals surface area contributed by atoms with E-state index >= 15 is 0 Å². The summed E-state index contributed by atoms with van der Waals surface area (Å²) in [5.41, 5.74) is 0.108. The molecular weight excluding hydrogens is 290 g/mol. The number of aromatic amines is 1. The Balaban J connectivity index is 2.87. The summed E-state index contributed by atoms with van der Waals surface area (Å²) in [5, 5.41) is 18.0. The third-order valence-electron chi connectivity index (χ3n) is 2.62. The van der Waals surface area contributed by atoms with Crippen LogP contribution in [-0.4, -0.2) is 48.4 Å². The highest BCUT2D eigenvalue weighted by molar-refractivity contribution is 7.85. The van der Waals surface area contributed by atoms with Crippen LogP contribution in [0.5, 0.6) is 0 Å². The Morgan fingerprint density at radius 3 is 2.30 bits per heavy atom. The molecule has 0 fully saturated rings. The zero-order valence-electron chi connectivity index (χ0n) is 11.0. The van der Waals surface area contributed by atoms with Gasteiger partial charge in [0.2, 0.25) is 0 Å². The fraction of sp³-hybridized carbons (Fsp3) is 0.455. The third kappa shape index (κ3) is 4.07. The SMILES string of the molecule is Cc1c(C(=O)O)[nH]c(CCCOS(C)(=O)=O)c1C(=O)O. The Labute approximate surface area is 115 Å². The van der Waals surface area contributed by atoms with Gasteiger partial charge in [-0.1, -0.05) is 0 Å². The van der Waals surface area contributed by atoms with Gasteiger partial charge >= 0.3 is 11.9 Å². The first-order valence-electron chi connectivity index (χ1n) is 5.66. The minimum atomic E-state index is -3.54. The van der Waals surface area contributed by atoms with E-state index in [2.05, 4.69) is 9.17 Å². The molecule has 20 heavy (non-hydrogen) atoms. The van der Waals surface area contributed by atoms with Crippen LogP contribution in [0.3, 0.4) is 0 Å². The highest BCUT2D eigenvalue weighted by atomic mass is 32.2. The van der Waals surface area contributed by atoms with Gasteiger partial charge in [0.05, 0.1) is 18.4 Å². The molecule has 1 aromatic heterocycles. The van der Waals surface area contributed by atoms with E-state index in [1.54, 1.807) is 0 Å². The van der Waals surface area contributed by atoms with Gasteiger partial charge in [-0.2, -0.15) is 8.42 Å². The second-order valence-corrected chi connectivity index (χ2v) is 5.86. The Morgan fingerprint density at radius 1 is 1.25 bits per heavy atom. The molecule has 0 unspecified atom stereocenters. The van der Waals surface area contributed by atoms with Crippen molar-refractivity contribution in [1.29, 1.82) is 0 Å². The molecule has 0 aromatic carbocycles. The van der Waals surface area contributed by atoms with E-state index in [0.717, 1.165) is 6.26 Å². The quantitative estimate of drug-likeness (QED) is 0.496. The van der Waals surface area contributed by atoms with E-state index in [-0.39, 0.29) is 42.0 Å². The summed E-state index contributed by atoms with van der Waals surface area (Å²) in [7, 11) is -3.54. The number of carboxylic acids is 2. The van der Waals surface area contributed by atoms with E-state index in [4.69, 9.17) is 10.2 Å². The van der Waals surface area contributed by atoms with Crippen LogP contribution in [0.1, 0.15) is 38.5 Å². The molecule has 0 atom stereocenters. The average molecular weight is 305 g/mol. The molecule has 3 N–H and O–H groups in total. The molecule has 9 heteroatoms. The molecule has 112 valence electrons. The van der Waals surface area contributed by atoms with Crippen LogP contribution in [0.25, 0.3) is 0 Å². The van der Waals surface area contributed by atoms with Gasteiger partial charge in [-0.3, -0.25) is 4.18 Å². The maximum atomic E-state index is 11.1. The van der Waals surface area contributed by atoms with E-state index in [9.17, 15) is 18.0 Å². The number of nitrogens with one attached hydrogen (secondary N) is 1. The van der Waals surface area contributed by atoms with Crippen molar-refractivity contribution in [3.05, 3.63) is 22.5 Å². The molecule has 1 rings (SSSR count). The number of aromatic carboxylic acids is 2. The van der Waals surface area contributed by atoms with Gasteiger partial charge in [0.1, 0.15) is 5.69 Å². The van der Waals surface area contributed by atoms with Crippen molar-refractivity contribution in [1.82, 2.24) is 4.98 Å². The molecule has 0 aliphatic carbocycles. The molecule has 8 nitrogen and oxygen atoms in total. The molecule has 0 spiro atoms. The summed E-state index contributed by atoms with van der Waals surface area (Å²) in [6, 6.07) is 0. The molecule has 0 radical (unpaired) electrons. The Bertz CT molecular complexity index is 629. The van der Waals surface area contributed by atoms with Crippen LogP contribution in [0.4, 0.5) is 0 Å². The molecular formula is C11H15NO7S. The number of hydrogen-bond acceptors (Lipinski definition) is 5. The topological polar surface area (TPSA) is 134 Å². The summed E-state index contributed by atoms with van der Waals surface area (Å²) in [5.74, 6) is -2.48. The first-order valence-corrected chi connectivity index (χ1v) is 7.47. The lowest BCUT2D eigenvalue weighted by molar-refractivity contribution is 0.0687. The van der Waals surface area contributed by atoms with Crippen molar-refractivity contribution in [3.63, 3.8) is 0 Å². The Morgan fingerprint density at radius 2 is 1.85 bits per heavy atom. The number of hydrogen-bond donors (Lipinski definition) is 3. The zero-order chi connectivity index (χ0) is 15.5.